The number of aromatic nitrogens is 3. The Labute approximate surface area is 150 Å². The van der Waals surface area contributed by atoms with Crippen LogP contribution in [0.4, 0.5) is 5.69 Å². The summed E-state index contributed by atoms with van der Waals surface area (Å²) in [4.78, 5) is 13.3. The molecule has 0 bridgehead atoms. The van der Waals surface area contributed by atoms with Gasteiger partial charge in [-0.25, -0.2) is 0 Å². The monoisotopic (exact) mass is 360 g/mol. The highest BCUT2D eigenvalue weighted by Gasteiger charge is 2.12. The van der Waals surface area contributed by atoms with Gasteiger partial charge in [-0.15, -0.1) is 35.1 Å². The molecule has 1 aromatic carbocycles. The van der Waals surface area contributed by atoms with E-state index in [1.165, 1.54) is 11.8 Å². The maximum Gasteiger partial charge on any atom is 0.234 e. The van der Waals surface area contributed by atoms with Gasteiger partial charge in [0.05, 0.1) is 11.4 Å². The van der Waals surface area contributed by atoms with Gasteiger partial charge in [0.1, 0.15) is 5.82 Å². The number of para-hydroxylation sites is 1. The zero-order valence-electron chi connectivity index (χ0n) is 13.6. The zero-order valence-corrected chi connectivity index (χ0v) is 15.2. The summed E-state index contributed by atoms with van der Waals surface area (Å²) in [5.41, 5.74) is 0.818. The van der Waals surface area contributed by atoms with Gasteiger partial charge in [0, 0.05) is 17.2 Å². The number of amides is 1. The van der Waals surface area contributed by atoms with Crippen molar-refractivity contribution in [3.63, 3.8) is 0 Å². The van der Waals surface area contributed by atoms with Crippen molar-refractivity contribution >= 4 is 35.1 Å². The molecule has 5 nitrogen and oxygen atoms in total. The number of thioether (sulfide) groups is 2. The Morgan fingerprint density at radius 2 is 2.04 bits per heavy atom. The van der Waals surface area contributed by atoms with Gasteiger partial charge >= 0.3 is 0 Å². The van der Waals surface area contributed by atoms with Gasteiger partial charge in [0.25, 0.3) is 0 Å². The Hall–Kier alpha value is -1.99. The molecule has 0 fully saturated rings. The fraction of sp³-hybridized carbons (Fsp3) is 0.235. The van der Waals surface area contributed by atoms with Gasteiger partial charge in [-0.1, -0.05) is 36.0 Å². The molecule has 1 heterocycles. The van der Waals surface area contributed by atoms with Crippen LogP contribution in [0.25, 0.3) is 0 Å². The largest absolute Gasteiger partial charge is 0.324 e. The summed E-state index contributed by atoms with van der Waals surface area (Å²) < 4.78 is 1.93. The molecule has 0 aliphatic heterocycles. The quantitative estimate of drug-likeness (QED) is 0.545. The van der Waals surface area contributed by atoms with Crippen LogP contribution in [0.5, 0.6) is 0 Å². The van der Waals surface area contributed by atoms with E-state index in [0.717, 1.165) is 27.3 Å². The third-order valence-electron chi connectivity index (χ3n) is 3.06. The molecule has 0 saturated heterocycles. The van der Waals surface area contributed by atoms with Crippen molar-refractivity contribution in [1.82, 2.24) is 14.8 Å². The van der Waals surface area contributed by atoms with E-state index in [9.17, 15) is 4.79 Å². The number of rotatable bonds is 9. The number of carbonyl (C=O) groups is 1. The first-order valence-electron chi connectivity index (χ1n) is 7.41. The van der Waals surface area contributed by atoms with Gasteiger partial charge < -0.3 is 9.88 Å². The third-order valence-corrected chi connectivity index (χ3v) is 5.10. The Balaban J connectivity index is 1.97. The molecular formula is C17H20N4OS2. The minimum atomic E-state index is -0.0718. The number of hydrogen-bond acceptors (Lipinski definition) is 5. The molecule has 1 amide bonds. The molecule has 1 N–H and O–H groups in total. The molecule has 7 heteroatoms. The maximum absolute atomic E-state index is 12.2. The van der Waals surface area contributed by atoms with Crippen LogP contribution < -0.4 is 5.32 Å². The van der Waals surface area contributed by atoms with Crippen molar-refractivity contribution in [2.75, 3.05) is 16.8 Å². The molecule has 0 unspecified atom stereocenters. The van der Waals surface area contributed by atoms with E-state index >= 15 is 0 Å². The van der Waals surface area contributed by atoms with E-state index < -0.39 is 0 Å². The molecule has 126 valence electrons. The van der Waals surface area contributed by atoms with Gasteiger partial charge in [0.2, 0.25) is 5.91 Å². The highest BCUT2D eigenvalue weighted by molar-refractivity contribution is 8.00. The first kappa shape index (κ1) is 18.4. The first-order valence-corrected chi connectivity index (χ1v) is 9.39. The van der Waals surface area contributed by atoms with Crippen LogP contribution in [0.1, 0.15) is 5.82 Å². The van der Waals surface area contributed by atoms with Crippen LogP contribution >= 0.6 is 23.5 Å². The van der Waals surface area contributed by atoms with Gasteiger partial charge in [-0.05, 0) is 19.1 Å². The number of carbonyl (C=O) groups excluding carboxylic acids is 1. The lowest BCUT2D eigenvalue weighted by Gasteiger charge is -2.10. The molecule has 0 aliphatic carbocycles. The van der Waals surface area contributed by atoms with E-state index in [2.05, 4.69) is 28.7 Å². The topological polar surface area (TPSA) is 59.8 Å². The second kappa shape index (κ2) is 9.34. The summed E-state index contributed by atoms with van der Waals surface area (Å²) in [5, 5.41) is 11.8. The SMILES string of the molecule is C=CCSc1ccccc1NC(=O)CSc1nnc(C)n1CC=C. The van der Waals surface area contributed by atoms with Crippen molar-refractivity contribution in [3.05, 3.63) is 55.4 Å². The van der Waals surface area contributed by atoms with Crippen LogP contribution in [-0.2, 0) is 11.3 Å². The highest BCUT2D eigenvalue weighted by Crippen LogP contribution is 2.27. The molecule has 0 spiro atoms. The summed E-state index contributed by atoms with van der Waals surface area (Å²) in [7, 11) is 0. The summed E-state index contributed by atoms with van der Waals surface area (Å²) in [6.07, 6.45) is 3.63. The number of benzene rings is 1. The van der Waals surface area contributed by atoms with Crippen LogP contribution in [0.15, 0.2) is 59.6 Å². The predicted octanol–water partition coefficient (Wildman–Crippen LogP) is 3.78. The summed E-state index contributed by atoms with van der Waals surface area (Å²) in [5.74, 6) is 1.81. The van der Waals surface area contributed by atoms with Crippen LogP contribution in [0.2, 0.25) is 0 Å². The normalized spacial score (nSPS) is 10.4. The molecular weight excluding hydrogens is 340 g/mol. The van der Waals surface area contributed by atoms with Crippen molar-refractivity contribution in [3.8, 4) is 0 Å². The summed E-state index contributed by atoms with van der Waals surface area (Å²) in [6, 6.07) is 7.75. The minimum absolute atomic E-state index is 0.0718. The first-order chi connectivity index (χ1) is 11.7. The third kappa shape index (κ3) is 5.01. The molecule has 0 radical (unpaired) electrons. The fourth-order valence-corrected chi connectivity index (χ4v) is 3.51. The zero-order chi connectivity index (χ0) is 17.4. The standard InChI is InChI=1S/C17H20N4OS2/c1-4-10-21-13(3)19-20-17(21)24-12-16(22)18-14-8-6-7-9-15(14)23-11-5-2/h4-9H,1-2,10-12H2,3H3,(H,18,22). The number of anilines is 1. The van der Waals surface area contributed by atoms with E-state index in [1.54, 1.807) is 17.8 Å². The Bertz CT molecular complexity index is 727. The summed E-state index contributed by atoms with van der Waals surface area (Å²) in [6.45, 7) is 9.96. The van der Waals surface area contributed by atoms with Gasteiger partial charge in [-0.3, -0.25) is 4.79 Å². The molecule has 0 aliphatic rings. The Morgan fingerprint density at radius 3 is 2.79 bits per heavy atom. The van der Waals surface area contributed by atoms with Crippen molar-refractivity contribution < 1.29 is 4.79 Å². The molecule has 0 atom stereocenters. The number of aryl methyl sites for hydroxylation is 1. The lowest BCUT2D eigenvalue weighted by Crippen LogP contribution is -2.15. The Kier molecular flexibility index (Phi) is 7.14. The van der Waals surface area contributed by atoms with Gasteiger partial charge in [-0.2, -0.15) is 0 Å². The van der Waals surface area contributed by atoms with E-state index in [1.807, 2.05) is 41.8 Å². The molecule has 2 rings (SSSR count). The van der Waals surface area contributed by atoms with Crippen LogP contribution in [0, 0.1) is 6.92 Å². The number of nitrogens with one attached hydrogen (secondary N) is 1. The molecule has 24 heavy (non-hydrogen) atoms. The van der Waals surface area contributed by atoms with E-state index in [0.29, 0.717) is 6.54 Å². The van der Waals surface area contributed by atoms with Crippen molar-refractivity contribution in [2.45, 2.75) is 23.5 Å². The average molecular weight is 361 g/mol. The summed E-state index contributed by atoms with van der Waals surface area (Å²) >= 11 is 3.00. The number of nitrogens with zero attached hydrogens (tertiary/aromatic N) is 3. The van der Waals surface area contributed by atoms with E-state index in [-0.39, 0.29) is 11.7 Å². The second-order valence-corrected chi connectivity index (χ2v) is 6.87. The molecule has 0 saturated carbocycles. The van der Waals surface area contributed by atoms with Crippen molar-refractivity contribution in [2.24, 2.45) is 0 Å². The lowest BCUT2D eigenvalue weighted by atomic mass is 10.3. The number of hydrogen-bond donors (Lipinski definition) is 1. The predicted molar refractivity (Wildman–Crippen MR) is 102 cm³/mol. The lowest BCUT2D eigenvalue weighted by molar-refractivity contribution is -0.113. The fourth-order valence-electron chi connectivity index (χ4n) is 1.97. The van der Waals surface area contributed by atoms with Crippen LogP contribution in [0.3, 0.4) is 0 Å². The second-order valence-electron chi connectivity index (χ2n) is 4.86. The molecule has 2 aromatic rings. The van der Waals surface area contributed by atoms with Gasteiger partial charge in [0.15, 0.2) is 5.16 Å². The number of allylic oxidation sites excluding steroid dienone is 1. The van der Waals surface area contributed by atoms with Crippen molar-refractivity contribution in [1.29, 1.82) is 0 Å². The minimum Gasteiger partial charge on any atom is -0.324 e. The maximum atomic E-state index is 12.2. The van der Waals surface area contributed by atoms with Crippen LogP contribution in [-0.4, -0.2) is 32.2 Å². The smallest absolute Gasteiger partial charge is 0.234 e. The average Bonchev–Trinajstić information content (AvgIpc) is 2.93. The van der Waals surface area contributed by atoms with E-state index in [4.69, 9.17) is 0 Å². The Morgan fingerprint density at radius 1 is 1.25 bits per heavy atom. The highest BCUT2D eigenvalue weighted by atomic mass is 32.2. The molecule has 1 aromatic heterocycles.